The number of amides is 1. The van der Waals surface area contributed by atoms with Crippen LogP contribution in [0.25, 0.3) is 0 Å². The molecule has 0 unspecified atom stereocenters. The van der Waals surface area contributed by atoms with E-state index in [1.165, 1.54) is 12.1 Å². The Hall–Kier alpha value is -0.940. The van der Waals surface area contributed by atoms with Gasteiger partial charge in [0, 0.05) is 30.1 Å². The summed E-state index contributed by atoms with van der Waals surface area (Å²) in [6.45, 7) is 4.09. The third-order valence-corrected chi connectivity index (χ3v) is 3.42. The molecule has 1 aliphatic rings. The van der Waals surface area contributed by atoms with Crippen LogP contribution < -0.4 is 5.32 Å². The summed E-state index contributed by atoms with van der Waals surface area (Å²) in [6.07, 6.45) is 0. The highest BCUT2D eigenvalue weighted by atomic mass is 79.9. The molecule has 5 heteroatoms. The smallest absolute Gasteiger partial charge is 0.257 e. The standard InChI is InChI=1S/C12H14BrFN2O/c1-8-7-15-4-5-16(8)12(17)10-3-2-9(13)6-11(10)14/h2-3,6,8,15H,4-5,7H2,1H3/t8-/m0/s1. The number of halogens is 2. The first-order chi connectivity index (χ1) is 8.09. The minimum atomic E-state index is -0.477. The highest BCUT2D eigenvalue weighted by molar-refractivity contribution is 9.10. The van der Waals surface area contributed by atoms with Crippen molar-refractivity contribution in [3.8, 4) is 0 Å². The van der Waals surface area contributed by atoms with Gasteiger partial charge in [-0.05, 0) is 25.1 Å². The Bertz CT molecular complexity index is 439. The molecule has 0 saturated carbocycles. The number of hydrogen-bond acceptors (Lipinski definition) is 2. The molecule has 0 spiro atoms. The van der Waals surface area contributed by atoms with Crippen LogP contribution in [0.4, 0.5) is 4.39 Å². The zero-order valence-corrected chi connectivity index (χ0v) is 11.1. The highest BCUT2D eigenvalue weighted by Crippen LogP contribution is 2.18. The number of carbonyl (C=O) groups excluding carboxylic acids is 1. The molecule has 1 heterocycles. The van der Waals surface area contributed by atoms with Crippen LogP contribution in [-0.2, 0) is 0 Å². The van der Waals surface area contributed by atoms with Gasteiger partial charge in [-0.15, -0.1) is 0 Å². The van der Waals surface area contributed by atoms with Gasteiger partial charge in [-0.25, -0.2) is 4.39 Å². The fourth-order valence-electron chi connectivity index (χ4n) is 1.96. The van der Waals surface area contributed by atoms with Crippen LogP contribution in [-0.4, -0.2) is 36.5 Å². The molecule has 1 aromatic rings. The largest absolute Gasteiger partial charge is 0.333 e. The Labute approximate surface area is 108 Å². The molecule has 0 radical (unpaired) electrons. The summed E-state index contributed by atoms with van der Waals surface area (Å²) in [6, 6.07) is 4.62. The molecule has 17 heavy (non-hydrogen) atoms. The normalized spacial score (nSPS) is 20.4. The van der Waals surface area contributed by atoms with Crippen LogP contribution in [0.2, 0.25) is 0 Å². The van der Waals surface area contributed by atoms with Gasteiger partial charge >= 0.3 is 0 Å². The van der Waals surface area contributed by atoms with Crippen molar-refractivity contribution in [3.05, 3.63) is 34.1 Å². The summed E-state index contributed by atoms with van der Waals surface area (Å²) in [5, 5.41) is 3.20. The van der Waals surface area contributed by atoms with Crippen LogP contribution in [0, 0.1) is 5.82 Å². The molecule has 1 saturated heterocycles. The summed E-state index contributed by atoms with van der Waals surface area (Å²) < 4.78 is 14.3. The molecule has 0 aliphatic carbocycles. The maximum Gasteiger partial charge on any atom is 0.257 e. The van der Waals surface area contributed by atoms with Crippen molar-refractivity contribution in [2.24, 2.45) is 0 Å². The maximum atomic E-state index is 13.7. The minimum Gasteiger partial charge on any atom is -0.333 e. The lowest BCUT2D eigenvalue weighted by molar-refractivity contribution is 0.0651. The fraction of sp³-hybridized carbons (Fsp3) is 0.417. The number of piperazine rings is 1. The number of benzene rings is 1. The van der Waals surface area contributed by atoms with E-state index >= 15 is 0 Å². The third kappa shape index (κ3) is 2.66. The molecule has 3 nitrogen and oxygen atoms in total. The van der Waals surface area contributed by atoms with E-state index in [1.54, 1.807) is 11.0 Å². The Morgan fingerprint density at radius 2 is 2.35 bits per heavy atom. The van der Waals surface area contributed by atoms with Crippen LogP contribution >= 0.6 is 15.9 Å². The van der Waals surface area contributed by atoms with Crippen LogP contribution in [0.5, 0.6) is 0 Å². The Kier molecular flexibility index (Phi) is 3.79. The molecular weight excluding hydrogens is 287 g/mol. The maximum absolute atomic E-state index is 13.7. The van der Waals surface area contributed by atoms with Crippen molar-refractivity contribution >= 4 is 21.8 Å². The van der Waals surface area contributed by atoms with Crippen LogP contribution in [0.3, 0.4) is 0 Å². The molecule has 1 N–H and O–H groups in total. The van der Waals surface area contributed by atoms with Gasteiger partial charge in [-0.2, -0.15) is 0 Å². The highest BCUT2D eigenvalue weighted by Gasteiger charge is 2.25. The van der Waals surface area contributed by atoms with Crippen LogP contribution in [0.15, 0.2) is 22.7 Å². The average Bonchev–Trinajstić information content (AvgIpc) is 2.29. The molecule has 0 bridgehead atoms. The van der Waals surface area contributed by atoms with Gasteiger partial charge in [0.15, 0.2) is 0 Å². The molecule has 2 rings (SSSR count). The van der Waals surface area contributed by atoms with Gasteiger partial charge in [-0.1, -0.05) is 15.9 Å². The van der Waals surface area contributed by atoms with Crippen molar-refractivity contribution in [2.75, 3.05) is 19.6 Å². The van der Waals surface area contributed by atoms with E-state index in [9.17, 15) is 9.18 Å². The lowest BCUT2D eigenvalue weighted by Gasteiger charge is -2.34. The van der Waals surface area contributed by atoms with Gasteiger partial charge in [0.25, 0.3) is 5.91 Å². The van der Waals surface area contributed by atoms with Gasteiger partial charge < -0.3 is 10.2 Å². The average molecular weight is 301 g/mol. The van der Waals surface area contributed by atoms with Crippen molar-refractivity contribution in [1.82, 2.24) is 10.2 Å². The van der Waals surface area contributed by atoms with Gasteiger partial charge in [-0.3, -0.25) is 4.79 Å². The monoisotopic (exact) mass is 300 g/mol. The fourth-order valence-corrected chi connectivity index (χ4v) is 2.29. The van der Waals surface area contributed by atoms with E-state index in [-0.39, 0.29) is 17.5 Å². The van der Waals surface area contributed by atoms with E-state index in [0.717, 1.165) is 13.1 Å². The van der Waals surface area contributed by atoms with E-state index in [0.29, 0.717) is 11.0 Å². The van der Waals surface area contributed by atoms with Crippen molar-refractivity contribution < 1.29 is 9.18 Å². The molecule has 1 aromatic carbocycles. The summed E-state index contributed by atoms with van der Waals surface area (Å²) in [4.78, 5) is 13.9. The lowest BCUT2D eigenvalue weighted by atomic mass is 10.1. The number of hydrogen-bond donors (Lipinski definition) is 1. The van der Waals surface area contributed by atoms with Crippen molar-refractivity contribution in [2.45, 2.75) is 13.0 Å². The first kappa shape index (κ1) is 12.5. The first-order valence-corrected chi connectivity index (χ1v) is 6.35. The zero-order chi connectivity index (χ0) is 12.4. The number of nitrogens with zero attached hydrogens (tertiary/aromatic N) is 1. The zero-order valence-electron chi connectivity index (χ0n) is 9.54. The molecule has 1 aliphatic heterocycles. The third-order valence-electron chi connectivity index (χ3n) is 2.92. The van der Waals surface area contributed by atoms with E-state index < -0.39 is 5.82 Å². The Morgan fingerprint density at radius 1 is 1.59 bits per heavy atom. The summed E-state index contributed by atoms with van der Waals surface area (Å²) in [5.74, 6) is -0.709. The Balaban J connectivity index is 2.24. The van der Waals surface area contributed by atoms with Crippen LogP contribution in [0.1, 0.15) is 17.3 Å². The molecule has 1 atom stereocenters. The lowest BCUT2D eigenvalue weighted by Crippen LogP contribution is -2.52. The SMILES string of the molecule is C[C@H]1CNCCN1C(=O)c1ccc(Br)cc1F. The van der Waals surface area contributed by atoms with E-state index in [4.69, 9.17) is 0 Å². The van der Waals surface area contributed by atoms with E-state index in [2.05, 4.69) is 21.2 Å². The Morgan fingerprint density at radius 3 is 3.00 bits per heavy atom. The van der Waals surface area contributed by atoms with Crippen molar-refractivity contribution in [3.63, 3.8) is 0 Å². The predicted octanol–water partition coefficient (Wildman–Crippen LogP) is 2.02. The second kappa shape index (κ2) is 5.14. The topological polar surface area (TPSA) is 32.3 Å². The van der Waals surface area contributed by atoms with Gasteiger partial charge in [0.05, 0.1) is 5.56 Å². The second-order valence-corrected chi connectivity index (χ2v) is 5.09. The van der Waals surface area contributed by atoms with Gasteiger partial charge in [0.1, 0.15) is 5.82 Å². The predicted molar refractivity (Wildman–Crippen MR) is 67.5 cm³/mol. The molecule has 0 aromatic heterocycles. The number of nitrogens with one attached hydrogen (secondary N) is 1. The van der Waals surface area contributed by atoms with E-state index in [1.807, 2.05) is 6.92 Å². The summed E-state index contributed by atoms with van der Waals surface area (Å²) in [7, 11) is 0. The second-order valence-electron chi connectivity index (χ2n) is 4.18. The number of carbonyl (C=O) groups is 1. The molecular formula is C12H14BrFN2O. The summed E-state index contributed by atoms with van der Waals surface area (Å²) in [5.41, 5.74) is 0.141. The molecule has 1 fully saturated rings. The summed E-state index contributed by atoms with van der Waals surface area (Å²) >= 11 is 3.18. The molecule has 1 amide bonds. The quantitative estimate of drug-likeness (QED) is 0.861. The van der Waals surface area contributed by atoms with Gasteiger partial charge in [0.2, 0.25) is 0 Å². The minimum absolute atomic E-state index is 0.0966. The van der Waals surface area contributed by atoms with Crippen molar-refractivity contribution in [1.29, 1.82) is 0 Å². The number of rotatable bonds is 1. The first-order valence-electron chi connectivity index (χ1n) is 5.56. The molecule has 92 valence electrons.